The number of carbonyl (C=O) groups is 1. The molecule has 0 atom stereocenters. The predicted octanol–water partition coefficient (Wildman–Crippen LogP) is -0.0311. The first-order chi connectivity index (χ1) is 7.22. The number of hydrogen-bond donors (Lipinski definition) is 2. The minimum Gasteiger partial charge on any atom is -0.384 e. The maximum Gasteiger partial charge on any atom is 0.245 e. The lowest BCUT2D eigenvalue weighted by molar-refractivity contribution is -0.124. The van der Waals surface area contributed by atoms with E-state index in [0.717, 1.165) is 12.0 Å². The molecule has 0 unspecified atom stereocenters. The molecular weight excluding hydrogens is 194 g/mol. The Morgan fingerprint density at radius 2 is 2.47 bits per heavy atom. The van der Waals surface area contributed by atoms with Crippen molar-refractivity contribution in [2.24, 2.45) is 0 Å². The molecule has 0 fully saturated rings. The van der Waals surface area contributed by atoms with E-state index in [4.69, 9.17) is 5.73 Å². The summed E-state index contributed by atoms with van der Waals surface area (Å²) in [7, 11) is 1.49. The van der Waals surface area contributed by atoms with Gasteiger partial charge in [-0.25, -0.2) is 4.98 Å². The van der Waals surface area contributed by atoms with Crippen molar-refractivity contribution in [3.05, 3.63) is 23.9 Å². The van der Waals surface area contributed by atoms with Gasteiger partial charge in [0.25, 0.3) is 0 Å². The SMILES string of the molecule is COCC(=O)NCCc1ccnc(N)c1. The molecule has 0 bridgehead atoms. The van der Waals surface area contributed by atoms with E-state index in [9.17, 15) is 4.79 Å². The first-order valence-corrected chi connectivity index (χ1v) is 4.68. The monoisotopic (exact) mass is 209 g/mol. The van der Waals surface area contributed by atoms with Crippen molar-refractivity contribution in [3.63, 3.8) is 0 Å². The second-order valence-corrected chi connectivity index (χ2v) is 3.12. The molecule has 1 heterocycles. The number of ether oxygens (including phenoxy) is 1. The first-order valence-electron chi connectivity index (χ1n) is 4.68. The van der Waals surface area contributed by atoms with Gasteiger partial charge in [-0.15, -0.1) is 0 Å². The van der Waals surface area contributed by atoms with Gasteiger partial charge in [-0.05, 0) is 24.1 Å². The van der Waals surface area contributed by atoms with Crippen molar-refractivity contribution in [3.8, 4) is 0 Å². The Kier molecular flexibility index (Phi) is 4.56. The third kappa shape index (κ3) is 4.42. The number of nitrogens with one attached hydrogen (secondary N) is 1. The molecule has 0 aliphatic heterocycles. The Morgan fingerprint density at radius 1 is 1.67 bits per heavy atom. The maximum atomic E-state index is 11.0. The lowest BCUT2D eigenvalue weighted by Gasteiger charge is -2.04. The molecule has 0 aliphatic carbocycles. The highest BCUT2D eigenvalue weighted by Crippen LogP contribution is 2.02. The topological polar surface area (TPSA) is 77.2 Å². The van der Waals surface area contributed by atoms with Crippen LogP contribution < -0.4 is 11.1 Å². The summed E-state index contributed by atoms with van der Waals surface area (Å²) in [5.41, 5.74) is 6.58. The van der Waals surface area contributed by atoms with Gasteiger partial charge in [-0.1, -0.05) is 0 Å². The summed E-state index contributed by atoms with van der Waals surface area (Å²) < 4.78 is 4.68. The molecule has 5 nitrogen and oxygen atoms in total. The Morgan fingerprint density at radius 3 is 3.13 bits per heavy atom. The molecule has 0 saturated carbocycles. The van der Waals surface area contributed by atoms with Crippen LogP contribution >= 0.6 is 0 Å². The van der Waals surface area contributed by atoms with Crippen LogP contribution in [-0.4, -0.2) is 31.2 Å². The molecule has 1 amide bonds. The first kappa shape index (κ1) is 11.5. The van der Waals surface area contributed by atoms with Crippen molar-refractivity contribution in [1.29, 1.82) is 0 Å². The summed E-state index contributed by atoms with van der Waals surface area (Å²) in [6, 6.07) is 3.67. The van der Waals surface area contributed by atoms with Crippen LogP contribution in [0, 0.1) is 0 Å². The molecule has 0 spiro atoms. The van der Waals surface area contributed by atoms with Crippen molar-refractivity contribution in [2.75, 3.05) is 26.0 Å². The number of nitrogen functional groups attached to an aromatic ring is 1. The van der Waals surface area contributed by atoms with E-state index < -0.39 is 0 Å². The van der Waals surface area contributed by atoms with Gasteiger partial charge >= 0.3 is 0 Å². The van der Waals surface area contributed by atoms with Crippen LogP contribution in [0.5, 0.6) is 0 Å². The van der Waals surface area contributed by atoms with Gasteiger partial charge < -0.3 is 15.8 Å². The lowest BCUT2D eigenvalue weighted by atomic mass is 10.2. The third-order valence-electron chi connectivity index (χ3n) is 1.86. The number of carbonyl (C=O) groups excluding carboxylic acids is 1. The Labute approximate surface area is 88.6 Å². The van der Waals surface area contributed by atoms with Crippen LogP contribution in [0.15, 0.2) is 18.3 Å². The standard InChI is InChI=1S/C10H15N3O2/c1-15-7-10(14)13-5-3-8-2-4-12-9(11)6-8/h2,4,6H,3,5,7H2,1H3,(H2,11,12)(H,13,14). The van der Waals surface area contributed by atoms with Crippen LogP contribution in [-0.2, 0) is 16.0 Å². The molecule has 0 radical (unpaired) electrons. The van der Waals surface area contributed by atoms with Gasteiger partial charge in [0.2, 0.25) is 5.91 Å². The predicted molar refractivity (Wildman–Crippen MR) is 57.2 cm³/mol. The average molecular weight is 209 g/mol. The zero-order valence-electron chi connectivity index (χ0n) is 8.69. The van der Waals surface area contributed by atoms with Crippen molar-refractivity contribution in [2.45, 2.75) is 6.42 Å². The van der Waals surface area contributed by atoms with Gasteiger partial charge in [0.05, 0.1) is 0 Å². The minimum atomic E-state index is -0.112. The molecule has 82 valence electrons. The molecule has 15 heavy (non-hydrogen) atoms. The fourth-order valence-electron chi connectivity index (χ4n) is 1.18. The number of anilines is 1. The maximum absolute atomic E-state index is 11.0. The molecule has 3 N–H and O–H groups in total. The number of methoxy groups -OCH3 is 1. The fourth-order valence-corrected chi connectivity index (χ4v) is 1.18. The van der Waals surface area contributed by atoms with E-state index in [1.165, 1.54) is 7.11 Å². The highest BCUT2D eigenvalue weighted by molar-refractivity contribution is 5.77. The van der Waals surface area contributed by atoms with Crippen LogP contribution in [0.2, 0.25) is 0 Å². The highest BCUT2D eigenvalue weighted by atomic mass is 16.5. The summed E-state index contributed by atoms with van der Waals surface area (Å²) in [5, 5.41) is 2.73. The smallest absolute Gasteiger partial charge is 0.245 e. The summed E-state index contributed by atoms with van der Waals surface area (Å²) in [5.74, 6) is 0.384. The average Bonchev–Trinajstić information content (AvgIpc) is 2.18. The number of nitrogens with two attached hydrogens (primary N) is 1. The molecular formula is C10H15N3O2. The van der Waals surface area contributed by atoms with Gasteiger partial charge in [0.15, 0.2) is 0 Å². The number of hydrogen-bond acceptors (Lipinski definition) is 4. The van der Waals surface area contributed by atoms with Crippen LogP contribution in [0.25, 0.3) is 0 Å². The molecule has 1 aromatic rings. The van der Waals surface area contributed by atoms with E-state index in [1.807, 2.05) is 6.07 Å². The number of aromatic nitrogens is 1. The number of rotatable bonds is 5. The minimum absolute atomic E-state index is 0.0957. The Balaban J connectivity index is 2.28. The van der Waals surface area contributed by atoms with Crippen LogP contribution in [0.3, 0.4) is 0 Å². The zero-order chi connectivity index (χ0) is 11.1. The zero-order valence-corrected chi connectivity index (χ0v) is 8.69. The number of pyridine rings is 1. The van der Waals surface area contributed by atoms with Gasteiger partial charge in [0, 0.05) is 19.9 Å². The quantitative estimate of drug-likeness (QED) is 0.714. The van der Waals surface area contributed by atoms with Crippen molar-refractivity contribution >= 4 is 11.7 Å². The third-order valence-corrected chi connectivity index (χ3v) is 1.86. The van der Waals surface area contributed by atoms with Crippen molar-refractivity contribution < 1.29 is 9.53 Å². The lowest BCUT2D eigenvalue weighted by Crippen LogP contribution is -2.28. The number of nitrogens with zero attached hydrogens (tertiary/aromatic N) is 1. The Bertz CT molecular complexity index is 328. The summed E-state index contributed by atoms with van der Waals surface area (Å²) >= 11 is 0. The van der Waals surface area contributed by atoms with E-state index in [1.54, 1.807) is 12.3 Å². The molecule has 1 rings (SSSR count). The summed E-state index contributed by atoms with van der Waals surface area (Å²) in [6.07, 6.45) is 2.39. The molecule has 0 aromatic carbocycles. The largest absolute Gasteiger partial charge is 0.384 e. The van der Waals surface area contributed by atoms with E-state index in [2.05, 4.69) is 15.0 Å². The van der Waals surface area contributed by atoms with Gasteiger partial charge in [-0.3, -0.25) is 4.79 Å². The number of amides is 1. The second kappa shape index (κ2) is 5.98. The summed E-state index contributed by atoms with van der Waals surface area (Å²) in [4.78, 5) is 14.9. The molecule has 0 aliphatic rings. The summed E-state index contributed by atoms with van der Waals surface area (Å²) in [6.45, 7) is 0.671. The fraction of sp³-hybridized carbons (Fsp3) is 0.400. The van der Waals surface area contributed by atoms with Crippen LogP contribution in [0.1, 0.15) is 5.56 Å². The van der Waals surface area contributed by atoms with Gasteiger partial charge in [0.1, 0.15) is 12.4 Å². The van der Waals surface area contributed by atoms with Crippen LogP contribution in [0.4, 0.5) is 5.82 Å². The molecule has 5 heteroatoms. The second-order valence-electron chi connectivity index (χ2n) is 3.12. The van der Waals surface area contributed by atoms with Gasteiger partial charge in [-0.2, -0.15) is 0 Å². The normalized spacial score (nSPS) is 9.93. The van der Waals surface area contributed by atoms with Crippen molar-refractivity contribution in [1.82, 2.24) is 10.3 Å². The highest BCUT2D eigenvalue weighted by Gasteiger charge is 1.99. The molecule has 0 saturated heterocycles. The molecule has 1 aromatic heterocycles. The Hall–Kier alpha value is -1.62. The van der Waals surface area contributed by atoms with E-state index >= 15 is 0 Å². The van der Waals surface area contributed by atoms with E-state index in [0.29, 0.717) is 12.4 Å². The van der Waals surface area contributed by atoms with E-state index in [-0.39, 0.29) is 12.5 Å².